The van der Waals surface area contributed by atoms with E-state index < -0.39 is 11.5 Å². The number of rotatable bonds is 2. The van der Waals surface area contributed by atoms with E-state index in [-0.39, 0.29) is 17.9 Å². The molecule has 6 heteroatoms. The molecule has 0 bridgehead atoms. The van der Waals surface area contributed by atoms with Crippen molar-refractivity contribution in [2.75, 3.05) is 26.3 Å². The molecule has 27 heavy (non-hydrogen) atoms. The Bertz CT molecular complexity index is 555. The molecule has 6 nitrogen and oxygen atoms in total. The van der Waals surface area contributed by atoms with E-state index in [1.165, 1.54) is 0 Å². The summed E-state index contributed by atoms with van der Waals surface area (Å²) in [6, 6.07) is -0.342. The number of nitrogens with one attached hydrogen (secondary N) is 3. The van der Waals surface area contributed by atoms with Crippen LogP contribution in [0.15, 0.2) is 12.2 Å². The number of hydrogen-bond acceptors (Lipinski definition) is 4. The van der Waals surface area contributed by atoms with E-state index in [2.05, 4.69) is 41.9 Å². The maximum absolute atomic E-state index is 13.3. The number of piperidine rings is 1. The molecule has 1 spiro atoms. The molecule has 2 fully saturated rings. The zero-order chi connectivity index (χ0) is 19.3. The van der Waals surface area contributed by atoms with Crippen molar-refractivity contribution >= 4 is 11.8 Å². The van der Waals surface area contributed by atoms with Crippen molar-refractivity contribution in [1.82, 2.24) is 16.0 Å². The predicted molar refractivity (Wildman–Crippen MR) is 105 cm³/mol. The highest BCUT2D eigenvalue weighted by molar-refractivity contribution is 5.90. The predicted octanol–water partition coefficient (Wildman–Crippen LogP) is 1.76. The summed E-state index contributed by atoms with van der Waals surface area (Å²) in [7, 11) is 0. The summed E-state index contributed by atoms with van der Waals surface area (Å²) in [6.45, 7) is 7.25. The first-order valence-corrected chi connectivity index (χ1v) is 10.5. The standard InChI is InChI=1S/C21H35N3O3/c1-15(2)13-18-19(25)23-17-6-12-27-14-16(17)5-3-4-7-21(20(26)24-18)8-10-22-11-9-21/h3-4,15-18,22H,5-14H2,1-2H3,(H,23,25)(H,24,26)/t16-,17+,18+/m1/s1. The summed E-state index contributed by atoms with van der Waals surface area (Å²) < 4.78 is 5.65. The van der Waals surface area contributed by atoms with Crippen LogP contribution in [0.3, 0.4) is 0 Å². The number of allylic oxidation sites excluding steroid dienone is 2. The van der Waals surface area contributed by atoms with Crippen LogP contribution in [0.25, 0.3) is 0 Å². The zero-order valence-electron chi connectivity index (χ0n) is 16.8. The first kappa shape index (κ1) is 20.3. The summed E-state index contributed by atoms with van der Waals surface area (Å²) in [5, 5.41) is 9.71. The Morgan fingerprint density at radius 3 is 2.70 bits per heavy atom. The van der Waals surface area contributed by atoms with E-state index in [0.717, 1.165) is 45.2 Å². The lowest BCUT2D eigenvalue weighted by atomic mass is 9.74. The molecular weight excluding hydrogens is 342 g/mol. The maximum Gasteiger partial charge on any atom is 0.242 e. The van der Waals surface area contributed by atoms with Gasteiger partial charge in [0.2, 0.25) is 11.8 Å². The Balaban J connectivity index is 1.85. The Kier molecular flexibility index (Phi) is 6.93. The average Bonchev–Trinajstić information content (AvgIpc) is 2.65. The third kappa shape index (κ3) is 5.11. The maximum atomic E-state index is 13.3. The van der Waals surface area contributed by atoms with E-state index >= 15 is 0 Å². The number of amides is 2. The van der Waals surface area contributed by atoms with E-state index in [1.54, 1.807) is 0 Å². The van der Waals surface area contributed by atoms with Gasteiger partial charge in [0.05, 0.1) is 12.0 Å². The van der Waals surface area contributed by atoms with Crippen molar-refractivity contribution in [1.29, 1.82) is 0 Å². The van der Waals surface area contributed by atoms with Gasteiger partial charge in [-0.2, -0.15) is 0 Å². The largest absolute Gasteiger partial charge is 0.381 e. The quantitative estimate of drug-likeness (QED) is 0.641. The zero-order valence-corrected chi connectivity index (χ0v) is 16.8. The highest BCUT2D eigenvalue weighted by Gasteiger charge is 2.41. The third-order valence-electron chi connectivity index (χ3n) is 6.29. The van der Waals surface area contributed by atoms with E-state index in [4.69, 9.17) is 4.74 Å². The minimum Gasteiger partial charge on any atom is -0.381 e. The van der Waals surface area contributed by atoms with Crippen LogP contribution in [0.1, 0.15) is 52.4 Å². The van der Waals surface area contributed by atoms with Crippen molar-refractivity contribution in [2.45, 2.75) is 64.5 Å². The number of ether oxygens (including phenoxy) is 1. The molecule has 0 saturated carbocycles. The molecule has 0 aliphatic carbocycles. The molecule has 0 aromatic carbocycles. The van der Waals surface area contributed by atoms with Crippen LogP contribution in [-0.2, 0) is 14.3 Å². The van der Waals surface area contributed by atoms with Gasteiger partial charge in [0.1, 0.15) is 6.04 Å². The topological polar surface area (TPSA) is 79.5 Å². The smallest absolute Gasteiger partial charge is 0.242 e. The second-order valence-electron chi connectivity index (χ2n) is 8.84. The lowest BCUT2D eigenvalue weighted by Gasteiger charge is -2.38. The number of carbonyl (C=O) groups excluding carboxylic acids is 2. The Labute approximate surface area is 162 Å². The third-order valence-corrected chi connectivity index (χ3v) is 6.29. The normalized spacial score (nSPS) is 32.2. The van der Waals surface area contributed by atoms with Gasteiger partial charge < -0.3 is 20.7 Å². The van der Waals surface area contributed by atoms with Crippen LogP contribution in [0, 0.1) is 17.3 Å². The Morgan fingerprint density at radius 2 is 1.96 bits per heavy atom. The molecular formula is C21H35N3O3. The molecule has 152 valence electrons. The fourth-order valence-electron chi connectivity index (χ4n) is 4.53. The fraction of sp³-hybridized carbons (Fsp3) is 0.810. The summed E-state index contributed by atoms with van der Waals surface area (Å²) in [6.07, 6.45) is 9.12. The molecule has 0 aromatic rings. The van der Waals surface area contributed by atoms with Crippen molar-refractivity contribution in [3.05, 3.63) is 12.2 Å². The number of carbonyl (C=O) groups is 2. The van der Waals surface area contributed by atoms with Gasteiger partial charge in [-0.1, -0.05) is 26.0 Å². The molecule has 0 radical (unpaired) electrons. The van der Waals surface area contributed by atoms with Gasteiger partial charge in [0.25, 0.3) is 0 Å². The minimum atomic E-state index is -0.462. The second-order valence-corrected chi connectivity index (χ2v) is 8.84. The van der Waals surface area contributed by atoms with Crippen molar-refractivity contribution < 1.29 is 14.3 Å². The van der Waals surface area contributed by atoms with Crippen LogP contribution in [-0.4, -0.2) is 50.2 Å². The molecule has 3 N–H and O–H groups in total. The van der Waals surface area contributed by atoms with Crippen molar-refractivity contribution in [3.8, 4) is 0 Å². The average molecular weight is 378 g/mol. The monoisotopic (exact) mass is 377 g/mol. The van der Waals surface area contributed by atoms with Crippen LogP contribution in [0.5, 0.6) is 0 Å². The number of fused-ring (bicyclic) bond motifs is 1. The first-order valence-electron chi connectivity index (χ1n) is 10.5. The highest BCUT2D eigenvalue weighted by atomic mass is 16.5. The lowest BCUT2D eigenvalue weighted by Crippen LogP contribution is -2.57. The molecule has 0 aromatic heterocycles. The van der Waals surface area contributed by atoms with Crippen LogP contribution >= 0.6 is 0 Å². The van der Waals surface area contributed by atoms with E-state index in [1.807, 2.05) is 0 Å². The first-order chi connectivity index (χ1) is 13.0. The molecule has 2 amide bonds. The summed E-state index contributed by atoms with van der Waals surface area (Å²) >= 11 is 0. The Hall–Kier alpha value is -1.40. The fourth-order valence-corrected chi connectivity index (χ4v) is 4.53. The van der Waals surface area contributed by atoms with Crippen LogP contribution in [0.4, 0.5) is 0 Å². The minimum absolute atomic E-state index is 0.0393. The van der Waals surface area contributed by atoms with Gasteiger partial charge >= 0.3 is 0 Å². The van der Waals surface area contributed by atoms with E-state index in [9.17, 15) is 9.59 Å². The molecule has 0 unspecified atom stereocenters. The highest BCUT2D eigenvalue weighted by Crippen LogP contribution is 2.34. The second kappa shape index (κ2) is 9.20. The molecule has 3 atom stereocenters. The van der Waals surface area contributed by atoms with Crippen LogP contribution < -0.4 is 16.0 Å². The lowest BCUT2D eigenvalue weighted by molar-refractivity contribution is -0.137. The summed E-state index contributed by atoms with van der Waals surface area (Å²) in [5.41, 5.74) is -0.404. The molecule has 3 rings (SSSR count). The van der Waals surface area contributed by atoms with Gasteiger partial charge in [-0.3, -0.25) is 9.59 Å². The molecule has 3 aliphatic heterocycles. The van der Waals surface area contributed by atoms with Gasteiger partial charge in [-0.05, 0) is 57.5 Å². The van der Waals surface area contributed by atoms with Gasteiger partial charge in [0.15, 0.2) is 0 Å². The molecule has 2 saturated heterocycles. The summed E-state index contributed by atoms with van der Waals surface area (Å²) in [5.74, 6) is 0.641. The summed E-state index contributed by atoms with van der Waals surface area (Å²) in [4.78, 5) is 26.3. The molecule has 3 heterocycles. The van der Waals surface area contributed by atoms with E-state index in [0.29, 0.717) is 31.5 Å². The van der Waals surface area contributed by atoms with Gasteiger partial charge in [-0.25, -0.2) is 0 Å². The Morgan fingerprint density at radius 1 is 1.19 bits per heavy atom. The van der Waals surface area contributed by atoms with Crippen LogP contribution in [0.2, 0.25) is 0 Å². The van der Waals surface area contributed by atoms with Crippen molar-refractivity contribution in [3.63, 3.8) is 0 Å². The number of hydrogen-bond donors (Lipinski definition) is 3. The SMILES string of the molecule is CC(C)C[C@@H]1NC(=O)C2(CC=CC[C@@H]3COCC[C@@H]3NC1=O)CCNCC2. The van der Waals surface area contributed by atoms with Crippen molar-refractivity contribution in [2.24, 2.45) is 17.3 Å². The molecule has 3 aliphatic rings. The van der Waals surface area contributed by atoms with Gasteiger partial charge in [0, 0.05) is 18.6 Å². The van der Waals surface area contributed by atoms with Gasteiger partial charge in [-0.15, -0.1) is 0 Å².